The zero-order valence-electron chi connectivity index (χ0n) is 23.6. The Labute approximate surface area is 230 Å². The summed E-state index contributed by atoms with van der Waals surface area (Å²) in [6.07, 6.45) is -1.06. The van der Waals surface area contributed by atoms with Gasteiger partial charge in [0, 0.05) is 11.3 Å². The van der Waals surface area contributed by atoms with Gasteiger partial charge in [-0.2, -0.15) is 0 Å². The second-order valence-corrected chi connectivity index (χ2v) is 10.7. The topological polar surface area (TPSA) is 77.8 Å². The van der Waals surface area contributed by atoms with E-state index in [-0.39, 0.29) is 18.5 Å². The normalized spacial score (nSPS) is 12.5. The van der Waals surface area contributed by atoms with Gasteiger partial charge in [0.1, 0.15) is 0 Å². The van der Waals surface area contributed by atoms with Crippen LogP contribution in [0, 0.1) is 13.8 Å². The van der Waals surface area contributed by atoms with Crippen LogP contribution in [0.3, 0.4) is 0 Å². The van der Waals surface area contributed by atoms with Crippen molar-refractivity contribution in [3.8, 4) is 11.3 Å². The SMILES string of the molecule is CCOC(=O)C(C)(C)c1ccc2c(c1)c(C(C)COCc1ccccc1)c(-c1cc(C)cc(C)c1)n2C(=O)O. The number of rotatable bonds is 9. The van der Waals surface area contributed by atoms with Gasteiger partial charge in [-0.3, -0.25) is 4.79 Å². The molecule has 0 aliphatic carbocycles. The molecule has 0 aliphatic rings. The Hall–Kier alpha value is -3.90. The van der Waals surface area contributed by atoms with Crippen LogP contribution in [0.4, 0.5) is 4.79 Å². The molecule has 0 aliphatic heterocycles. The molecule has 1 unspecified atom stereocenters. The Balaban J connectivity index is 1.91. The van der Waals surface area contributed by atoms with Crippen molar-refractivity contribution in [2.24, 2.45) is 0 Å². The van der Waals surface area contributed by atoms with Crippen LogP contribution in [0.5, 0.6) is 0 Å². The fourth-order valence-electron chi connectivity index (χ4n) is 5.24. The second-order valence-electron chi connectivity index (χ2n) is 10.7. The van der Waals surface area contributed by atoms with Gasteiger partial charge in [0.2, 0.25) is 0 Å². The van der Waals surface area contributed by atoms with Crippen molar-refractivity contribution < 1.29 is 24.2 Å². The molecular formula is C33H37NO5. The molecule has 0 saturated carbocycles. The van der Waals surface area contributed by atoms with Crippen molar-refractivity contribution in [3.63, 3.8) is 0 Å². The third-order valence-corrected chi connectivity index (χ3v) is 7.17. The summed E-state index contributed by atoms with van der Waals surface area (Å²) < 4.78 is 12.8. The Morgan fingerprint density at radius 1 is 0.974 bits per heavy atom. The van der Waals surface area contributed by atoms with Gasteiger partial charge in [-0.1, -0.05) is 60.5 Å². The Bertz CT molecular complexity index is 1480. The van der Waals surface area contributed by atoms with E-state index in [1.54, 1.807) is 13.0 Å². The zero-order valence-corrected chi connectivity index (χ0v) is 23.6. The number of fused-ring (bicyclic) bond motifs is 1. The molecule has 4 rings (SSSR count). The number of carboxylic acid groups (broad SMARTS) is 1. The monoisotopic (exact) mass is 527 g/mol. The molecule has 39 heavy (non-hydrogen) atoms. The molecule has 0 radical (unpaired) electrons. The number of hydrogen-bond donors (Lipinski definition) is 1. The summed E-state index contributed by atoms with van der Waals surface area (Å²) in [5.74, 6) is -0.453. The van der Waals surface area contributed by atoms with Crippen molar-refractivity contribution >= 4 is 23.0 Å². The summed E-state index contributed by atoms with van der Waals surface area (Å²) in [5, 5.41) is 11.2. The second kappa shape index (κ2) is 11.5. The molecule has 6 nitrogen and oxygen atoms in total. The number of aromatic nitrogens is 1. The quantitative estimate of drug-likeness (QED) is 0.227. The highest BCUT2D eigenvalue weighted by atomic mass is 16.5. The number of carbonyl (C=O) groups is 2. The standard InChI is InChI=1S/C33H37NO5/c1-7-39-31(35)33(5,6)26-13-14-28-27(18-26)29(23(4)19-38-20-24-11-9-8-10-12-24)30(34(28)32(36)37)25-16-21(2)15-22(3)17-25/h8-18,23H,7,19-20H2,1-6H3,(H,36,37). The van der Waals surface area contributed by atoms with Gasteiger partial charge >= 0.3 is 12.1 Å². The van der Waals surface area contributed by atoms with Crippen LogP contribution in [-0.4, -0.2) is 34.9 Å². The molecule has 1 atom stereocenters. The molecule has 0 fully saturated rings. The van der Waals surface area contributed by atoms with Gasteiger partial charge in [-0.25, -0.2) is 9.36 Å². The van der Waals surface area contributed by atoms with Crippen LogP contribution in [0.2, 0.25) is 0 Å². The van der Waals surface area contributed by atoms with E-state index >= 15 is 0 Å². The molecule has 0 amide bonds. The van der Waals surface area contributed by atoms with Gasteiger partial charge in [-0.15, -0.1) is 0 Å². The fraction of sp³-hybridized carbons (Fsp3) is 0.333. The summed E-state index contributed by atoms with van der Waals surface area (Å²) in [6, 6.07) is 21.6. The molecule has 6 heteroatoms. The number of carbonyl (C=O) groups excluding carboxylic acids is 1. The third kappa shape index (κ3) is 5.76. The van der Waals surface area contributed by atoms with Gasteiger partial charge in [0.05, 0.1) is 36.4 Å². The van der Waals surface area contributed by atoms with E-state index in [0.29, 0.717) is 24.4 Å². The van der Waals surface area contributed by atoms with Crippen LogP contribution in [0.15, 0.2) is 66.7 Å². The molecule has 0 bridgehead atoms. The van der Waals surface area contributed by atoms with Crippen molar-refractivity contribution in [2.75, 3.05) is 13.2 Å². The number of ether oxygens (including phenoxy) is 2. The van der Waals surface area contributed by atoms with E-state index in [0.717, 1.165) is 38.8 Å². The fourth-order valence-corrected chi connectivity index (χ4v) is 5.24. The third-order valence-electron chi connectivity index (χ3n) is 7.17. The predicted octanol–water partition coefficient (Wildman–Crippen LogP) is 7.61. The molecule has 204 valence electrons. The molecule has 1 N–H and O–H groups in total. The first kappa shape index (κ1) is 28.1. The molecule has 0 saturated heterocycles. The average molecular weight is 528 g/mol. The predicted molar refractivity (Wildman–Crippen MR) is 154 cm³/mol. The summed E-state index contributed by atoms with van der Waals surface area (Å²) in [6.45, 7) is 12.7. The van der Waals surface area contributed by atoms with Crippen molar-refractivity contribution in [2.45, 2.75) is 59.5 Å². The number of aryl methyl sites for hydroxylation is 2. The van der Waals surface area contributed by atoms with Gasteiger partial charge in [-0.05, 0) is 81.1 Å². The van der Waals surface area contributed by atoms with E-state index in [4.69, 9.17) is 9.47 Å². The van der Waals surface area contributed by atoms with E-state index < -0.39 is 11.5 Å². The van der Waals surface area contributed by atoms with Crippen LogP contribution < -0.4 is 0 Å². The largest absolute Gasteiger partial charge is 0.465 e. The first-order chi connectivity index (χ1) is 18.5. The summed E-state index contributed by atoms with van der Waals surface area (Å²) in [5.41, 5.74) is 5.96. The lowest BCUT2D eigenvalue weighted by Crippen LogP contribution is -2.31. The van der Waals surface area contributed by atoms with Gasteiger partial charge in [0.25, 0.3) is 0 Å². The van der Waals surface area contributed by atoms with E-state index in [1.165, 1.54) is 4.57 Å². The summed E-state index contributed by atoms with van der Waals surface area (Å²) in [4.78, 5) is 25.6. The molecule has 4 aromatic rings. The minimum Gasteiger partial charge on any atom is -0.465 e. The summed E-state index contributed by atoms with van der Waals surface area (Å²) in [7, 11) is 0. The van der Waals surface area contributed by atoms with E-state index in [1.807, 2.05) is 82.3 Å². The van der Waals surface area contributed by atoms with Crippen molar-refractivity contribution in [3.05, 3.63) is 94.5 Å². The number of benzene rings is 3. The first-order valence-electron chi connectivity index (χ1n) is 13.3. The molecule has 1 heterocycles. The van der Waals surface area contributed by atoms with E-state index in [2.05, 4.69) is 13.0 Å². The lowest BCUT2D eigenvalue weighted by Gasteiger charge is -2.23. The number of nitrogens with zero attached hydrogens (tertiary/aromatic N) is 1. The Morgan fingerprint density at radius 3 is 2.26 bits per heavy atom. The van der Waals surface area contributed by atoms with Crippen molar-refractivity contribution in [1.29, 1.82) is 0 Å². The first-order valence-corrected chi connectivity index (χ1v) is 13.3. The number of esters is 1. The van der Waals surface area contributed by atoms with E-state index in [9.17, 15) is 14.7 Å². The smallest absolute Gasteiger partial charge is 0.416 e. The molecule has 0 spiro atoms. The summed E-state index contributed by atoms with van der Waals surface area (Å²) >= 11 is 0. The maximum atomic E-state index is 12.8. The van der Waals surface area contributed by atoms with Crippen LogP contribution in [0.25, 0.3) is 22.2 Å². The maximum absolute atomic E-state index is 12.8. The lowest BCUT2D eigenvalue weighted by atomic mass is 9.83. The molecule has 1 aromatic heterocycles. The average Bonchev–Trinajstić information content (AvgIpc) is 3.24. The minimum absolute atomic E-state index is 0.131. The minimum atomic E-state index is -1.06. The Kier molecular flexibility index (Phi) is 8.26. The van der Waals surface area contributed by atoms with Crippen LogP contribution >= 0.6 is 0 Å². The highest BCUT2D eigenvalue weighted by molar-refractivity contribution is 6.00. The van der Waals surface area contributed by atoms with Crippen molar-refractivity contribution in [1.82, 2.24) is 4.57 Å². The highest BCUT2D eigenvalue weighted by Crippen LogP contribution is 2.41. The molecular weight excluding hydrogens is 490 g/mol. The number of hydrogen-bond acceptors (Lipinski definition) is 4. The zero-order chi connectivity index (χ0) is 28.3. The van der Waals surface area contributed by atoms with Crippen LogP contribution in [-0.2, 0) is 26.3 Å². The lowest BCUT2D eigenvalue weighted by molar-refractivity contribution is -0.148. The highest BCUT2D eigenvalue weighted by Gasteiger charge is 2.33. The van der Waals surface area contributed by atoms with Crippen LogP contribution in [0.1, 0.15) is 61.4 Å². The van der Waals surface area contributed by atoms with Gasteiger partial charge in [0.15, 0.2) is 0 Å². The van der Waals surface area contributed by atoms with Gasteiger partial charge < -0.3 is 14.6 Å². The molecule has 3 aromatic carbocycles. The Morgan fingerprint density at radius 2 is 1.64 bits per heavy atom. The maximum Gasteiger partial charge on any atom is 0.416 e.